The van der Waals surface area contributed by atoms with Crippen LogP contribution >= 0.6 is 23.4 Å². The van der Waals surface area contributed by atoms with Crippen molar-refractivity contribution < 1.29 is 32.0 Å². The Labute approximate surface area is 241 Å². The van der Waals surface area contributed by atoms with Crippen LogP contribution in [0, 0.1) is 0 Å². The molecule has 3 amide bonds. The van der Waals surface area contributed by atoms with Crippen LogP contribution in [0.5, 0.6) is 0 Å². The van der Waals surface area contributed by atoms with Crippen LogP contribution in [0.2, 0.25) is 5.02 Å². The quantitative estimate of drug-likeness (QED) is 0.141. The molecule has 41 heavy (non-hydrogen) atoms. The Morgan fingerprint density at radius 3 is 2.29 bits per heavy atom. The summed E-state index contributed by atoms with van der Waals surface area (Å²) in [6.45, 7) is 0. The van der Waals surface area contributed by atoms with Gasteiger partial charge in [-0.1, -0.05) is 29.8 Å². The van der Waals surface area contributed by atoms with E-state index >= 15 is 0 Å². The average molecular weight is 600 g/mol. The zero-order chi connectivity index (χ0) is 29.4. The first kappa shape index (κ1) is 29.5. The molecule has 0 fully saturated rings. The Morgan fingerprint density at radius 2 is 1.63 bits per heavy atom. The number of rotatable bonds is 9. The normalized spacial score (nSPS) is 11.6. The van der Waals surface area contributed by atoms with Gasteiger partial charge >= 0.3 is 6.18 Å². The van der Waals surface area contributed by atoms with Crippen molar-refractivity contribution in [2.75, 3.05) is 16.4 Å². The fraction of sp³-hybridized carbons (Fsp3) is 0.0690. The number of halogens is 4. The molecule has 12 heteroatoms. The second kappa shape index (κ2) is 13.2. The number of alkyl halides is 3. The van der Waals surface area contributed by atoms with Gasteiger partial charge in [0.05, 0.1) is 28.3 Å². The maximum Gasteiger partial charge on any atom is 0.416 e. The predicted molar refractivity (Wildman–Crippen MR) is 151 cm³/mol. The van der Waals surface area contributed by atoms with Crippen molar-refractivity contribution in [3.63, 3.8) is 0 Å². The summed E-state index contributed by atoms with van der Waals surface area (Å²) < 4.78 is 44.2. The zero-order valence-corrected chi connectivity index (χ0v) is 22.6. The lowest BCUT2D eigenvalue weighted by atomic mass is 10.2. The molecule has 3 N–H and O–H groups in total. The maximum absolute atomic E-state index is 13.0. The summed E-state index contributed by atoms with van der Waals surface area (Å²) in [5.41, 5.74) is -0.324. The van der Waals surface area contributed by atoms with Gasteiger partial charge in [0.25, 0.3) is 11.8 Å². The Balaban J connectivity index is 1.36. The summed E-state index contributed by atoms with van der Waals surface area (Å²) >= 11 is 7.07. The van der Waals surface area contributed by atoms with E-state index in [4.69, 9.17) is 16.0 Å². The maximum atomic E-state index is 13.0. The SMILES string of the molecule is O=C(CSc1ccc(NC(=O)/C(=C/c2ccco2)NC(=O)c2ccccc2)cc1)Nc1cc(C(F)(F)F)ccc1Cl. The van der Waals surface area contributed by atoms with Gasteiger partial charge in [-0.2, -0.15) is 13.2 Å². The van der Waals surface area contributed by atoms with Crippen molar-refractivity contribution in [1.82, 2.24) is 5.32 Å². The van der Waals surface area contributed by atoms with Crippen molar-refractivity contribution >= 4 is 58.5 Å². The third-order valence-corrected chi connectivity index (χ3v) is 6.75. The highest BCUT2D eigenvalue weighted by Gasteiger charge is 2.31. The van der Waals surface area contributed by atoms with E-state index in [2.05, 4.69) is 16.0 Å². The smallest absolute Gasteiger partial charge is 0.416 e. The van der Waals surface area contributed by atoms with E-state index in [1.165, 1.54) is 12.3 Å². The van der Waals surface area contributed by atoms with E-state index in [0.29, 0.717) is 21.9 Å². The number of carbonyl (C=O) groups excluding carboxylic acids is 3. The van der Waals surface area contributed by atoms with Gasteiger partial charge in [0, 0.05) is 22.2 Å². The third kappa shape index (κ3) is 8.50. The first-order valence-corrected chi connectivity index (χ1v) is 13.3. The first-order chi connectivity index (χ1) is 19.6. The van der Waals surface area contributed by atoms with Crippen LogP contribution in [0.3, 0.4) is 0 Å². The molecule has 3 aromatic carbocycles. The van der Waals surface area contributed by atoms with Gasteiger partial charge in [-0.25, -0.2) is 0 Å². The van der Waals surface area contributed by atoms with E-state index < -0.39 is 29.5 Å². The van der Waals surface area contributed by atoms with Crippen molar-refractivity contribution in [3.8, 4) is 0 Å². The number of benzene rings is 3. The van der Waals surface area contributed by atoms with Gasteiger partial charge in [-0.3, -0.25) is 14.4 Å². The summed E-state index contributed by atoms with van der Waals surface area (Å²) in [6, 6.07) is 20.9. The lowest BCUT2D eigenvalue weighted by Crippen LogP contribution is -2.30. The minimum absolute atomic E-state index is 0.0168. The fourth-order valence-electron chi connectivity index (χ4n) is 3.42. The average Bonchev–Trinajstić information content (AvgIpc) is 3.46. The number of hydrogen-bond acceptors (Lipinski definition) is 5. The van der Waals surface area contributed by atoms with Crippen molar-refractivity contribution in [2.24, 2.45) is 0 Å². The summed E-state index contributed by atoms with van der Waals surface area (Å²) in [7, 11) is 0. The van der Waals surface area contributed by atoms with Gasteiger partial charge in [0.15, 0.2) is 0 Å². The summed E-state index contributed by atoms with van der Waals surface area (Å²) in [5, 5.41) is 7.68. The molecule has 1 aromatic heterocycles. The van der Waals surface area contributed by atoms with Crippen LogP contribution in [0.15, 0.2) is 106 Å². The van der Waals surface area contributed by atoms with Crippen LogP contribution in [-0.4, -0.2) is 23.5 Å². The van der Waals surface area contributed by atoms with Crippen LogP contribution in [0.1, 0.15) is 21.7 Å². The van der Waals surface area contributed by atoms with Gasteiger partial charge in [0.2, 0.25) is 5.91 Å². The van der Waals surface area contributed by atoms with E-state index in [1.807, 2.05) is 0 Å². The number of furan rings is 1. The molecule has 4 rings (SSSR count). The van der Waals surface area contributed by atoms with Gasteiger partial charge in [-0.15, -0.1) is 11.8 Å². The second-order valence-electron chi connectivity index (χ2n) is 8.40. The molecule has 0 aliphatic heterocycles. The highest BCUT2D eigenvalue weighted by atomic mass is 35.5. The van der Waals surface area contributed by atoms with Crippen LogP contribution < -0.4 is 16.0 Å². The Hall–Kier alpha value is -4.48. The lowest BCUT2D eigenvalue weighted by Gasteiger charge is -2.12. The molecule has 210 valence electrons. The standard InChI is InChI=1S/C29H21ClF3N3O4S/c30-23-13-8-19(29(31,32)33)15-24(23)35-26(37)17-41-22-11-9-20(10-12-22)34-28(39)25(16-21-7-4-14-40-21)36-27(38)18-5-2-1-3-6-18/h1-16H,17H2,(H,34,39)(H,35,37)(H,36,38)/b25-16-. The van der Waals surface area contributed by atoms with Gasteiger partial charge in [-0.05, 0) is 66.7 Å². The van der Waals surface area contributed by atoms with Gasteiger partial charge in [0.1, 0.15) is 11.5 Å². The molecule has 4 aromatic rings. The van der Waals surface area contributed by atoms with Gasteiger partial charge < -0.3 is 20.4 Å². The number of anilines is 2. The van der Waals surface area contributed by atoms with E-state index in [-0.39, 0.29) is 22.2 Å². The third-order valence-electron chi connectivity index (χ3n) is 5.41. The molecule has 0 atom stereocenters. The van der Waals surface area contributed by atoms with Crippen molar-refractivity contribution in [3.05, 3.63) is 119 Å². The molecule has 0 radical (unpaired) electrons. The monoisotopic (exact) mass is 599 g/mol. The highest BCUT2D eigenvalue weighted by molar-refractivity contribution is 8.00. The predicted octanol–water partition coefficient (Wildman–Crippen LogP) is 7.09. The number of thioether (sulfide) groups is 1. The summed E-state index contributed by atoms with van der Waals surface area (Å²) in [6.07, 6.45) is -1.74. The first-order valence-electron chi connectivity index (χ1n) is 11.9. The molecule has 7 nitrogen and oxygen atoms in total. The lowest BCUT2D eigenvalue weighted by molar-refractivity contribution is -0.137. The number of hydrogen-bond donors (Lipinski definition) is 3. The van der Waals surface area contributed by atoms with Crippen LogP contribution in [0.4, 0.5) is 24.5 Å². The Bertz CT molecular complexity index is 1560. The van der Waals surface area contributed by atoms with Crippen molar-refractivity contribution in [1.29, 1.82) is 0 Å². The largest absolute Gasteiger partial charge is 0.465 e. The Kier molecular flexibility index (Phi) is 9.53. The number of nitrogens with one attached hydrogen (secondary N) is 3. The molecule has 1 heterocycles. The molecular weight excluding hydrogens is 579 g/mol. The van der Waals surface area contributed by atoms with Crippen molar-refractivity contribution in [2.45, 2.75) is 11.1 Å². The van der Waals surface area contributed by atoms with E-state index in [9.17, 15) is 27.6 Å². The molecule has 0 aliphatic carbocycles. The summed E-state index contributed by atoms with van der Waals surface area (Å²) in [4.78, 5) is 38.7. The molecular formula is C29H21ClF3N3O4S. The topological polar surface area (TPSA) is 100 Å². The highest BCUT2D eigenvalue weighted by Crippen LogP contribution is 2.34. The molecule has 0 spiro atoms. The summed E-state index contributed by atoms with van der Waals surface area (Å²) in [5.74, 6) is -1.35. The number of carbonyl (C=O) groups is 3. The Morgan fingerprint density at radius 1 is 0.902 bits per heavy atom. The van der Waals surface area contributed by atoms with E-state index in [1.54, 1.807) is 66.7 Å². The molecule has 0 aliphatic rings. The zero-order valence-electron chi connectivity index (χ0n) is 21.0. The van der Waals surface area contributed by atoms with E-state index in [0.717, 1.165) is 30.0 Å². The number of amides is 3. The fourth-order valence-corrected chi connectivity index (χ4v) is 4.29. The second-order valence-corrected chi connectivity index (χ2v) is 9.86. The molecule has 0 unspecified atom stereocenters. The van der Waals surface area contributed by atoms with Crippen LogP contribution in [-0.2, 0) is 15.8 Å². The minimum Gasteiger partial charge on any atom is -0.465 e. The molecule has 0 bridgehead atoms. The van der Waals surface area contributed by atoms with Crippen LogP contribution in [0.25, 0.3) is 6.08 Å². The minimum atomic E-state index is -4.57. The molecule has 0 saturated heterocycles. The molecule has 0 saturated carbocycles.